The highest BCUT2D eigenvalue weighted by Gasteiger charge is 2.25. The fourth-order valence-electron chi connectivity index (χ4n) is 3.09. The van der Waals surface area contributed by atoms with Crippen LogP contribution >= 0.6 is 11.6 Å². The van der Waals surface area contributed by atoms with Gasteiger partial charge in [0.25, 0.3) is 5.91 Å². The highest BCUT2D eigenvalue weighted by Crippen LogP contribution is 2.23. The van der Waals surface area contributed by atoms with Crippen LogP contribution in [0.4, 0.5) is 0 Å². The molecule has 0 aromatic carbocycles. The summed E-state index contributed by atoms with van der Waals surface area (Å²) in [6.45, 7) is 0. The van der Waals surface area contributed by atoms with Crippen molar-refractivity contribution in [1.82, 2.24) is 25.5 Å². The van der Waals surface area contributed by atoms with Crippen molar-refractivity contribution in [3.05, 3.63) is 47.6 Å². The number of H-pyrrole nitrogens is 1. The van der Waals surface area contributed by atoms with E-state index in [0.717, 1.165) is 25.7 Å². The van der Waals surface area contributed by atoms with E-state index in [0.29, 0.717) is 28.2 Å². The second-order valence-electron chi connectivity index (χ2n) is 6.39. The number of nitrogens with one attached hydrogen (secondary N) is 2. The van der Waals surface area contributed by atoms with E-state index in [4.69, 9.17) is 20.8 Å². The van der Waals surface area contributed by atoms with Crippen LogP contribution in [-0.2, 0) is 0 Å². The van der Waals surface area contributed by atoms with Gasteiger partial charge in [-0.15, -0.1) is 0 Å². The maximum atomic E-state index is 12.4. The van der Waals surface area contributed by atoms with E-state index < -0.39 is 0 Å². The Morgan fingerprint density at radius 1 is 1.26 bits per heavy atom. The van der Waals surface area contributed by atoms with Gasteiger partial charge in [0.05, 0.1) is 23.7 Å². The van der Waals surface area contributed by atoms with Gasteiger partial charge in [-0.2, -0.15) is 5.10 Å². The Morgan fingerprint density at radius 3 is 2.74 bits per heavy atom. The monoisotopic (exact) mass is 387 g/mol. The molecule has 140 valence electrons. The average Bonchev–Trinajstić information content (AvgIpc) is 3.36. The Morgan fingerprint density at radius 2 is 2.04 bits per heavy atom. The van der Waals surface area contributed by atoms with Crippen molar-refractivity contribution in [3.63, 3.8) is 0 Å². The summed E-state index contributed by atoms with van der Waals surface area (Å²) < 4.78 is 11.1. The number of hydrogen-bond donors (Lipinski definition) is 2. The van der Waals surface area contributed by atoms with Gasteiger partial charge in [-0.05, 0) is 37.8 Å². The van der Waals surface area contributed by atoms with E-state index in [-0.39, 0.29) is 18.1 Å². The number of halogens is 1. The van der Waals surface area contributed by atoms with Crippen LogP contribution in [-0.4, -0.2) is 38.2 Å². The zero-order valence-corrected chi connectivity index (χ0v) is 15.1. The van der Waals surface area contributed by atoms with Gasteiger partial charge >= 0.3 is 6.01 Å². The third-order valence-electron chi connectivity index (χ3n) is 4.48. The summed E-state index contributed by atoms with van der Waals surface area (Å²) >= 11 is 5.77. The molecule has 1 saturated carbocycles. The smallest absolute Gasteiger partial charge is 0.316 e. The normalized spacial score (nSPS) is 19.6. The molecule has 3 heterocycles. The van der Waals surface area contributed by atoms with Crippen molar-refractivity contribution in [3.8, 4) is 17.5 Å². The van der Waals surface area contributed by atoms with E-state index in [1.54, 1.807) is 24.5 Å². The lowest BCUT2D eigenvalue weighted by Gasteiger charge is -2.28. The second kappa shape index (κ2) is 7.79. The quantitative estimate of drug-likeness (QED) is 0.696. The summed E-state index contributed by atoms with van der Waals surface area (Å²) in [4.78, 5) is 20.5. The highest BCUT2D eigenvalue weighted by molar-refractivity contribution is 6.30. The molecule has 0 radical (unpaired) electrons. The molecule has 0 aliphatic heterocycles. The molecule has 0 unspecified atom stereocenters. The molecule has 0 spiro atoms. The summed E-state index contributed by atoms with van der Waals surface area (Å²) in [6, 6.07) is 5.69. The second-order valence-corrected chi connectivity index (χ2v) is 6.83. The van der Waals surface area contributed by atoms with E-state index >= 15 is 0 Å². The molecule has 27 heavy (non-hydrogen) atoms. The molecule has 8 nitrogen and oxygen atoms in total. The Labute approximate surface area is 160 Å². The Kier molecular flexibility index (Phi) is 5.06. The van der Waals surface area contributed by atoms with Crippen molar-refractivity contribution in [2.45, 2.75) is 37.8 Å². The minimum absolute atomic E-state index is 0.0373. The lowest BCUT2D eigenvalue weighted by atomic mass is 9.93. The fraction of sp³-hybridized carbons (Fsp3) is 0.333. The van der Waals surface area contributed by atoms with Crippen LogP contribution in [0.15, 0.2) is 41.3 Å². The van der Waals surface area contributed by atoms with E-state index in [9.17, 15) is 4.79 Å². The summed E-state index contributed by atoms with van der Waals surface area (Å²) in [5.41, 5.74) is 1.01. The molecule has 3 aromatic heterocycles. The third-order valence-corrected chi connectivity index (χ3v) is 4.67. The van der Waals surface area contributed by atoms with Crippen LogP contribution in [0.2, 0.25) is 5.02 Å². The molecule has 0 atom stereocenters. The van der Waals surface area contributed by atoms with Gasteiger partial charge in [-0.1, -0.05) is 11.6 Å². The largest absolute Gasteiger partial charge is 0.463 e. The summed E-state index contributed by atoms with van der Waals surface area (Å²) in [5.74, 6) is 0.443. The molecule has 1 fully saturated rings. The standard InChI is InChI=1S/C18H18ClN5O3/c19-11-9-20-18(21-10-11)27-13-5-3-12(4-6-13)22-17(25)15-8-14(23-24-15)16-2-1-7-26-16/h1-2,7-10,12-13H,3-6H2,(H,22,25)(H,23,24). The van der Waals surface area contributed by atoms with Gasteiger partial charge in [0.2, 0.25) is 0 Å². The van der Waals surface area contributed by atoms with Crippen molar-refractivity contribution < 1.29 is 13.9 Å². The molecular weight excluding hydrogens is 370 g/mol. The summed E-state index contributed by atoms with van der Waals surface area (Å²) in [6.07, 6.45) is 7.90. The predicted octanol–water partition coefficient (Wildman–Crippen LogP) is 3.23. The molecule has 1 amide bonds. The molecule has 0 saturated heterocycles. The van der Waals surface area contributed by atoms with E-state index in [2.05, 4.69) is 25.5 Å². The number of aromatic nitrogens is 4. The predicted molar refractivity (Wildman–Crippen MR) is 97.5 cm³/mol. The molecule has 9 heteroatoms. The number of ether oxygens (including phenoxy) is 1. The van der Waals surface area contributed by atoms with Crippen LogP contribution in [0.5, 0.6) is 6.01 Å². The molecule has 4 rings (SSSR count). The first-order valence-corrected chi connectivity index (χ1v) is 9.09. The molecule has 3 aromatic rings. The van der Waals surface area contributed by atoms with Crippen LogP contribution in [0.25, 0.3) is 11.5 Å². The molecule has 2 N–H and O–H groups in total. The zero-order valence-electron chi connectivity index (χ0n) is 14.4. The lowest BCUT2D eigenvalue weighted by Crippen LogP contribution is -2.40. The SMILES string of the molecule is O=C(NC1CCC(Oc2ncc(Cl)cn2)CC1)c1cc(-c2ccco2)[nH]n1. The van der Waals surface area contributed by atoms with Crippen molar-refractivity contribution in [2.24, 2.45) is 0 Å². The maximum absolute atomic E-state index is 12.4. The number of carbonyl (C=O) groups is 1. The van der Waals surface area contributed by atoms with Gasteiger partial charge in [0, 0.05) is 12.1 Å². The van der Waals surface area contributed by atoms with Crippen LogP contribution in [0.1, 0.15) is 36.2 Å². The fourth-order valence-corrected chi connectivity index (χ4v) is 3.19. The Balaban J connectivity index is 1.27. The van der Waals surface area contributed by atoms with Crippen LogP contribution in [0, 0.1) is 0 Å². The molecule has 1 aliphatic carbocycles. The molecule has 0 bridgehead atoms. The van der Waals surface area contributed by atoms with Crippen LogP contribution in [0.3, 0.4) is 0 Å². The van der Waals surface area contributed by atoms with Gasteiger partial charge in [-0.25, -0.2) is 9.97 Å². The lowest BCUT2D eigenvalue weighted by molar-refractivity contribution is 0.0880. The third kappa shape index (κ3) is 4.28. The topological polar surface area (TPSA) is 106 Å². The molecule has 1 aliphatic rings. The van der Waals surface area contributed by atoms with Gasteiger partial charge < -0.3 is 14.5 Å². The van der Waals surface area contributed by atoms with Crippen LogP contribution < -0.4 is 10.1 Å². The number of aromatic amines is 1. The van der Waals surface area contributed by atoms with Gasteiger partial charge in [-0.3, -0.25) is 9.89 Å². The number of amides is 1. The van der Waals surface area contributed by atoms with Crippen molar-refractivity contribution in [2.75, 3.05) is 0 Å². The number of carbonyl (C=O) groups excluding carboxylic acids is 1. The number of nitrogens with zero attached hydrogens (tertiary/aromatic N) is 3. The number of rotatable bonds is 5. The first-order chi connectivity index (χ1) is 13.2. The number of furan rings is 1. The first-order valence-electron chi connectivity index (χ1n) is 8.72. The Hall–Kier alpha value is -2.87. The van der Waals surface area contributed by atoms with Gasteiger partial charge in [0.1, 0.15) is 11.8 Å². The van der Waals surface area contributed by atoms with Gasteiger partial charge in [0.15, 0.2) is 11.5 Å². The minimum Gasteiger partial charge on any atom is -0.463 e. The van der Waals surface area contributed by atoms with Crippen molar-refractivity contribution >= 4 is 17.5 Å². The average molecular weight is 388 g/mol. The maximum Gasteiger partial charge on any atom is 0.316 e. The van der Waals surface area contributed by atoms with Crippen molar-refractivity contribution in [1.29, 1.82) is 0 Å². The highest BCUT2D eigenvalue weighted by atomic mass is 35.5. The summed E-state index contributed by atoms with van der Waals surface area (Å²) in [7, 11) is 0. The molecular formula is C18H18ClN5O3. The zero-order chi connectivity index (χ0) is 18.6. The minimum atomic E-state index is -0.200. The van der Waals surface area contributed by atoms with E-state index in [1.807, 2.05) is 0 Å². The number of hydrogen-bond acceptors (Lipinski definition) is 6. The first kappa shape index (κ1) is 17.5. The Bertz CT molecular complexity index is 886. The van der Waals surface area contributed by atoms with E-state index in [1.165, 1.54) is 12.4 Å². The summed E-state index contributed by atoms with van der Waals surface area (Å²) in [5, 5.41) is 10.4.